The summed E-state index contributed by atoms with van der Waals surface area (Å²) in [5.74, 6) is 0.789. The van der Waals surface area contributed by atoms with Gasteiger partial charge in [0.15, 0.2) is 0 Å². The molecule has 2 aliphatic rings. The van der Waals surface area contributed by atoms with E-state index in [4.69, 9.17) is 0 Å². The van der Waals surface area contributed by atoms with Crippen LogP contribution in [0.3, 0.4) is 0 Å². The third kappa shape index (κ3) is 1.70. The molecule has 0 spiro atoms. The number of benzene rings is 1. The molecule has 0 aromatic heterocycles. The second-order valence-corrected chi connectivity index (χ2v) is 7.47. The molecule has 2 atom stereocenters. The van der Waals surface area contributed by atoms with Crippen LogP contribution < -0.4 is 0 Å². The summed E-state index contributed by atoms with van der Waals surface area (Å²) in [5.41, 5.74) is 5.49. The fourth-order valence-electron chi connectivity index (χ4n) is 4.53. The maximum Gasteiger partial charge on any atom is 0.150 e. The van der Waals surface area contributed by atoms with Gasteiger partial charge in [-0.1, -0.05) is 33.3 Å². The highest BCUT2D eigenvalue weighted by molar-refractivity contribution is 5.78. The van der Waals surface area contributed by atoms with E-state index < -0.39 is 0 Å². The van der Waals surface area contributed by atoms with E-state index in [1.807, 2.05) is 0 Å². The lowest BCUT2D eigenvalue weighted by Gasteiger charge is -2.46. The monoisotopic (exact) mass is 256 g/mol. The predicted molar refractivity (Wildman–Crippen MR) is 78.9 cm³/mol. The molecule has 2 aliphatic carbocycles. The Hall–Kier alpha value is -1.11. The molecule has 0 radical (unpaired) electrons. The summed E-state index contributed by atoms with van der Waals surface area (Å²) in [5, 5.41) is 0. The zero-order chi connectivity index (χ0) is 13.8. The summed E-state index contributed by atoms with van der Waals surface area (Å²) in [4.78, 5) is 11.3. The largest absolute Gasteiger partial charge is 0.298 e. The third-order valence-corrected chi connectivity index (χ3v) is 5.78. The van der Waals surface area contributed by atoms with E-state index in [1.54, 1.807) is 0 Å². The summed E-state index contributed by atoms with van der Waals surface area (Å²) in [6.45, 7) is 9.21. The van der Waals surface area contributed by atoms with Crippen LogP contribution in [0.4, 0.5) is 0 Å². The second-order valence-electron chi connectivity index (χ2n) is 7.47. The van der Waals surface area contributed by atoms with Gasteiger partial charge < -0.3 is 0 Å². The molecule has 0 amide bonds. The molecule has 0 heterocycles. The molecule has 1 heteroatoms. The Morgan fingerprint density at radius 1 is 1.21 bits per heavy atom. The van der Waals surface area contributed by atoms with Crippen molar-refractivity contribution < 1.29 is 4.79 Å². The van der Waals surface area contributed by atoms with E-state index in [-0.39, 0.29) is 5.41 Å². The zero-order valence-corrected chi connectivity index (χ0v) is 12.5. The molecule has 1 fully saturated rings. The second kappa shape index (κ2) is 3.94. The van der Waals surface area contributed by atoms with Gasteiger partial charge in [0.1, 0.15) is 6.29 Å². The van der Waals surface area contributed by atoms with Crippen LogP contribution in [0.15, 0.2) is 12.1 Å². The van der Waals surface area contributed by atoms with Crippen molar-refractivity contribution in [2.24, 2.45) is 5.92 Å². The van der Waals surface area contributed by atoms with Crippen molar-refractivity contribution in [3.8, 4) is 0 Å². The molecule has 1 aromatic rings. The SMILES string of the molecule is Cc1cc2c(cc1C=O)C1(C)CCCC1CC2(C)C. The highest BCUT2D eigenvalue weighted by Crippen LogP contribution is 2.56. The zero-order valence-electron chi connectivity index (χ0n) is 12.5. The van der Waals surface area contributed by atoms with Gasteiger partial charge in [-0.15, -0.1) is 0 Å². The Balaban J connectivity index is 2.27. The minimum absolute atomic E-state index is 0.246. The summed E-state index contributed by atoms with van der Waals surface area (Å²) in [6.07, 6.45) is 6.27. The van der Waals surface area contributed by atoms with Crippen LogP contribution in [-0.2, 0) is 10.8 Å². The first-order chi connectivity index (χ1) is 8.88. The molecule has 2 unspecified atom stereocenters. The first-order valence-corrected chi connectivity index (χ1v) is 7.49. The van der Waals surface area contributed by atoms with Crippen LogP contribution in [0.1, 0.15) is 73.5 Å². The van der Waals surface area contributed by atoms with Gasteiger partial charge in [-0.05, 0) is 65.7 Å². The van der Waals surface area contributed by atoms with Crippen LogP contribution in [-0.4, -0.2) is 6.29 Å². The normalized spacial score (nSPS) is 31.7. The number of aryl methyl sites for hydroxylation is 1. The van der Waals surface area contributed by atoms with Gasteiger partial charge in [-0.2, -0.15) is 0 Å². The van der Waals surface area contributed by atoms with E-state index in [2.05, 4.69) is 39.8 Å². The summed E-state index contributed by atoms with van der Waals surface area (Å²) >= 11 is 0. The van der Waals surface area contributed by atoms with E-state index in [9.17, 15) is 4.79 Å². The lowest BCUT2D eigenvalue weighted by molar-refractivity contribution is 0.112. The molecule has 0 aliphatic heterocycles. The van der Waals surface area contributed by atoms with Crippen LogP contribution in [0, 0.1) is 12.8 Å². The summed E-state index contributed by atoms with van der Waals surface area (Å²) in [7, 11) is 0. The van der Waals surface area contributed by atoms with Crippen molar-refractivity contribution in [2.45, 2.75) is 64.2 Å². The minimum atomic E-state index is 0.246. The van der Waals surface area contributed by atoms with Crippen LogP contribution >= 0.6 is 0 Å². The van der Waals surface area contributed by atoms with E-state index >= 15 is 0 Å². The number of hydrogen-bond donors (Lipinski definition) is 0. The van der Waals surface area contributed by atoms with Gasteiger partial charge in [0.05, 0.1) is 0 Å². The van der Waals surface area contributed by atoms with Crippen LogP contribution in [0.2, 0.25) is 0 Å². The number of carbonyl (C=O) groups excluding carboxylic acids is 1. The van der Waals surface area contributed by atoms with Crippen molar-refractivity contribution in [1.29, 1.82) is 0 Å². The Bertz CT molecular complexity index is 541. The fourth-order valence-corrected chi connectivity index (χ4v) is 4.53. The highest BCUT2D eigenvalue weighted by atomic mass is 16.1. The Labute approximate surface area is 116 Å². The van der Waals surface area contributed by atoms with E-state index in [0.29, 0.717) is 5.41 Å². The molecule has 1 nitrogen and oxygen atoms in total. The molecule has 3 rings (SSSR count). The number of aldehydes is 1. The molecule has 0 N–H and O–H groups in total. The first-order valence-electron chi connectivity index (χ1n) is 7.49. The average molecular weight is 256 g/mol. The summed E-state index contributed by atoms with van der Waals surface area (Å²) in [6, 6.07) is 4.47. The lowest BCUT2D eigenvalue weighted by Crippen LogP contribution is -2.40. The van der Waals surface area contributed by atoms with E-state index in [0.717, 1.165) is 23.3 Å². The molecular formula is C18H24O. The van der Waals surface area contributed by atoms with Crippen molar-refractivity contribution in [3.63, 3.8) is 0 Å². The number of rotatable bonds is 1. The van der Waals surface area contributed by atoms with Gasteiger partial charge in [0.25, 0.3) is 0 Å². The van der Waals surface area contributed by atoms with Gasteiger partial charge in [-0.3, -0.25) is 4.79 Å². The molecule has 1 saturated carbocycles. The van der Waals surface area contributed by atoms with Crippen LogP contribution in [0.5, 0.6) is 0 Å². The molecule has 0 bridgehead atoms. The standard InChI is InChI=1S/C18H24O/c1-12-8-15-16(9-13(12)11-19)18(4)7-5-6-14(18)10-17(15,2)3/h8-9,11,14H,5-7,10H2,1-4H3. The maximum atomic E-state index is 11.3. The number of hydrogen-bond acceptors (Lipinski definition) is 1. The first kappa shape index (κ1) is 12.9. The smallest absolute Gasteiger partial charge is 0.150 e. The quantitative estimate of drug-likeness (QED) is 0.674. The highest BCUT2D eigenvalue weighted by Gasteiger charge is 2.49. The Morgan fingerprint density at radius 3 is 2.63 bits per heavy atom. The third-order valence-electron chi connectivity index (χ3n) is 5.78. The number of fused-ring (bicyclic) bond motifs is 3. The Kier molecular flexibility index (Phi) is 2.68. The minimum Gasteiger partial charge on any atom is -0.298 e. The van der Waals surface area contributed by atoms with Gasteiger partial charge >= 0.3 is 0 Å². The van der Waals surface area contributed by atoms with Crippen LogP contribution in [0.25, 0.3) is 0 Å². The van der Waals surface area contributed by atoms with Crippen molar-refractivity contribution in [3.05, 3.63) is 34.4 Å². The van der Waals surface area contributed by atoms with Gasteiger partial charge in [-0.25, -0.2) is 0 Å². The average Bonchev–Trinajstić information content (AvgIpc) is 2.70. The van der Waals surface area contributed by atoms with E-state index in [1.165, 1.54) is 36.8 Å². The fraction of sp³-hybridized carbons (Fsp3) is 0.611. The molecule has 0 saturated heterocycles. The van der Waals surface area contributed by atoms with Crippen molar-refractivity contribution >= 4 is 6.29 Å². The molecule has 1 aromatic carbocycles. The maximum absolute atomic E-state index is 11.3. The van der Waals surface area contributed by atoms with Crippen molar-refractivity contribution in [2.75, 3.05) is 0 Å². The van der Waals surface area contributed by atoms with Gasteiger partial charge in [0.2, 0.25) is 0 Å². The van der Waals surface area contributed by atoms with Gasteiger partial charge in [0, 0.05) is 5.56 Å². The number of carbonyl (C=O) groups is 1. The summed E-state index contributed by atoms with van der Waals surface area (Å²) < 4.78 is 0. The molecule has 102 valence electrons. The predicted octanol–water partition coefficient (Wildman–Crippen LogP) is 4.55. The topological polar surface area (TPSA) is 17.1 Å². The molecular weight excluding hydrogens is 232 g/mol. The Morgan fingerprint density at radius 2 is 1.95 bits per heavy atom. The van der Waals surface area contributed by atoms with Crippen molar-refractivity contribution in [1.82, 2.24) is 0 Å². The lowest BCUT2D eigenvalue weighted by atomic mass is 9.58. The molecule has 19 heavy (non-hydrogen) atoms.